The van der Waals surface area contributed by atoms with Crippen molar-refractivity contribution in [1.82, 2.24) is 9.55 Å². The lowest BCUT2D eigenvalue weighted by atomic mass is 9.85. The monoisotopic (exact) mass is 630 g/mol. The smallest absolute Gasteiger partial charge is 0.493 e. The summed E-state index contributed by atoms with van der Waals surface area (Å²) in [6.45, 7) is 9.29. The first kappa shape index (κ1) is 31.3. The van der Waals surface area contributed by atoms with Crippen molar-refractivity contribution in [2.24, 2.45) is 0 Å². The Balaban J connectivity index is 1.68. The van der Waals surface area contributed by atoms with Gasteiger partial charge >= 0.3 is 6.36 Å². The van der Waals surface area contributed by atoms with Crippen molar-refractivity contribution in [3.05, 3.63) is 99.5 Å². The summed E-state index contributed by atoms with van der Waals surface area (Å²) in [5.74, 6) is 0.110. The molecule has 7 nitrogen and oxygen atoms in total. The molecular weight excluding hydrogens is 597 g/mol. The molecule has 10 heteroatoms. The van der Waals surface area contributed by atoms with Gasteiger partial charge in [-0.05, 0) is 93.3 Å². The Hall–Kier alpha value is -4.70. The number of hydrogen-bond acceptors (Lipinski definition) is 6. The highest BCUT2D eigenvalue weighted by Gasteiger charge is 2.33. The molecule has 0 N–H and O–H groups in total. The number of ketones is 1. The number of alkyl halides is 3. The first-order chi connectivity index (χ1) is 21.7. The first-order valence-electron chi connectivity index (χ1n) is 14.9. The van der Waals surface area contributed by atoms with Crippen molar-refractivity contribution in [1.29, 1.82) is 0 Å². The van der Waals surface area contributed by atoms with Crippen LogP contribution in [0, 0.1) is 6.92 Å². The van der Waals surface area contributed by atoms with Gasteiger partial charge in [-0.25, -0.2) is 0 Å². The summed E-state index contributed by atoms with van der Waals surface area (Å²) in [6.07, 6.45) is -3.41. The first-order valence-corrected chi connectivity index (χ1v) is 14.9. The molecule has 3 heterocycles. The fourth-order valence-corrected chi connectivity index (χ4v) is 6.21. The number of para-hydroxylation sites is 1. The van der Waals surface area contributed by atoms with Crippen molar-refractivity contribution in [3.63, 3.8) is 0 Å². The number of hydrogen-bond donors (Lipinski definition) is 0. The van der Waals surface area contributed by atoms with Gasteiger partial charge in [0.25, 0.3) is 5.56 Å². The van der Waals surface area contributed by atoms with Crippen molar-refractivity contribution < 1.29 is 32.2 Å². The van der Waals surface area contributed by atoms with Crippen LogP contribution in [0.4, 0.5) is 13.2 Å². The Bertz CT molecular complexity index is 2050. The second kappa shape index (κ2) is 11.6. The van der Waals surface area contributed by atoms with Gasteiger partial charge < -0.3 is 18.8 Å². The molecule has 6 rings (SSSR count). The summed E-state index contributed by atoms with van der Waals surface area (Å²) in [5, 5.41) is 1.48. The molecule has 0 aliphatic carbocycles. The number of carbonyl (C=O) groups excluding carboxylic acids is 1. The Kier molecular flexibility index (Phi) is 7.88. The molecule has 46 heavy (non-hydrogen) atoms. The Morgan fingerprint density at radius 3 is 2.54 bits per heavy atom. The third-order valence-corrected chi connectivity index (χ3v) is 8.01. The van der Waals surface area contributed by atoms with Crippen LogP contribution in [0.3, 0.4) is 0 Å². The van der Waals surface area contributed by atoms with Crippen LogP contribution < -0.4 is 15.0 Å². The van der Waals surface area contributed by atoms with E-state index in [-0.39, 0.29) is 17.9 Å². The molecule has 0 amide bonds. The molecule has 0 saturated carbocycles. The molecule has 0 spiro atoms. The zero-order chi connectivity index (χ0) is 33.0. The van der Waals surface area contributed by atoms with Crippen molar-refractivity contribution in [2.75, 3.05) is 6.61 Å². The second-order valence-electron chi connectivity index (χ2n) is 12.5. The lowest BCUT2D eigenvalue weighted by Crippen LogP contribution is -2.28. The van der Waals surface area contributed by atoms with Gasteiger partial charge in [-0.1, -0.05) is 18.2 Å². The lowest BCUT2D eigenvalue weighted by Gasteiger charge is -2.30. The Morgan fingerprint density at radius 2 is 1.83 bits per heavy atom. The average molecular weight is 631 g/mol. The quantitative estimate of drug-likeness (QED) is 0.182. The van der Waals surface area contributed by atoms with Crippen LogP contribution in [0.15, 0.2) is 71.7 Å². The minimum absolute atomic E-state index is 0.177. The van der Waals surface area contributed by atoms with E-state index in [4.69, 9.17) is 14.5 Å². The number of ether oxygens (including phenoxy) is 3. The average Bonchev–Trinajstić information content (AvgIpc) is 2.97. The van der Waals surface area contributed by atoms with Gasteiger partial charge in [0.2, 0.25) is 0 Å². The van der Waals surface area contributed by atoms with Crippen molar-refractivity contribution in [3.8, 4) is 22.6 Å². The largest absolute Gasteiger partial charge is 0.573 e. The molecule has 1 aliphatic heterocycles. The van der Waals surface area contributed by atoms with Crippen molar-refractivity contribution in [2.45, 2.75) is 65.7 Å². The Labute approximate surface area is 263 Å². The molecule has 0 saturated heterocycles. The highest BCUT2D eigenvalue weighted by molar-refractivity contribution is 6.08. The van der Waals surface area contributed by atoms with Crippen LogP contribution in [0.5, 0.6) is 11.5 Å². The van der Waals surface area contributed by atoms with Gasteiger partial charge in [0.05, 0.1) is 29.8 Å². The van der Waals surface area contributed by atoms with E-state index in [9.17, 15) is 22.8 Å². The normalized spacial score (nSPS) is 13.9. The molecule has 5 aromatic rings. The highest BCUT2D eigenvalue weighted by atomic mass is 19.4. The van der Waals surface area contributed by atoms with Gasteiger partial charge in [-0.15, -0.1) is 13.2 Å². The topological polar surface area (TPSA) is 79.7 Å². The summed E-state index contributed by atoms with van der Waals surface area (Å²) in [7, 11) is 0. The summed E-state index contributed by atoms with van der Waals surface area (Å²) in [6, 6.07) is 16.3. The van der Waals surface area contributed by atoms with Crippen LogP contribution in [0.25, 0.3) is 32.9 Å². The summed E-state index contributed by atoms with van der Waals surface area (Å²) >= 11 is 0. The van der Waals surface area contributed by atoms with E-state index < -0.39 is 29.4 Å². The zero-order valence-electron chi connectivity index (χ0n) is 26.1. The molecule has 0 radical (unpaired) electrons. The number of rotatable bonds is 7. The fraction of sp³-hybridized carbons (Fsp3) is 0.306. The SMILES string of the molecule is CC(=O)[C@@H](OC(C)(C)C)c1c(C)cc2c(ccc(=O)n2Cc2ccccc2OC(F)(F)F)c1-c1ccc2c3c(ccnc13)CCO2. The second-order valence-corrected chi connectivity index (χ2v) is 12.5. The number of nitrogens with zero attached hydrogens (tertiary/aromatic N) is 2. The molecule has 0 unspecified atom stereocenters. The number of aryl methyl sites for hydroxylation is 1. The number of pyridine rings is 2. The highest BCUT2D eigenvalue weighted by Crippen LogP contribution is 2.45. The number of halogens is 3. The Morgan fingerprint density at radius 1 is 1.07 bits per heavy atom. The standard InChI is InChI=1S/C36H33F3N2O5/c1-20-18-26-24(11-13-29(43)41(26)19-23-8-6-7-9-27(23)45-36(37,38)39)32(30(20)34(21(2)42)46-35(3,4)5)25-10-12-28-31-22(15-17-44-28)14-16-40-33(25)31/h6-14,16,18,34H,15,17,19H2,1-5H3/t34-/m1/s1. The van der Waals surface area contributed by atoms with Gasteiger partial charge in [-0.3, -0.25) is 14.6 Å². The summed E-state index contributed by atoms with van der Waals surface area (Å²) in [5.41, 5.74) is 3.96. The number of carbonyl (C=O) groups is 1. The molecule has 1 atom stereocenters. The third kappa shape index (κ3) is 5.97. The molecule has 238 valence electrons. The molecule has 2 aromatic heterocycles. The van der Waals surface area contributed by atoms with E-state index in [0.29, 0.717) is 57.5 Å². The van der Waals surface area contributed by atoms with E-state index in [1.807, 2.05) is 45.9 Å². The minimum Gasteiger partial charge on any atom is -0.493 e. The van der Waals surface area contributed by atoms with E-state index >= 15 is 0 Å². The lowest BCUT2D eigenvalue weighted by molar-refractivity contribution is -0.274. The molecule has 0 fully saturated rings. The fourth-order valence-electron chi connectivity index (χ4n) is 6.21. The molecular formula is C36H33F3N2O5. The van der Waals surface area contributed by atoms with Crippen LogP contribution in [0.1, 0.15) is 56.1 Å². The molecule has 0 bridgehead atoms. The molecule has 3 aromatic carbocycles. The molecule has 1 aliphatic rings. The maximum atomic E-state index is 13.4. The predicted octanol–water partition coefficient (Wildman–Crippen LogP) is 7.85. The van der Waals surface area contributed by atoms with Gasteiger partial charge in [0.15, 0.2) is 5.78 Å². The minimum atomic E-state index is -4.90. The van der Waals surface area contributed by atoms with Gasteiger partial charge in [0, 0.05) is 40.6 Å². The summed E-state index contributed by atoms with van der Waals surface area (Å²) in [4.78, 5) is 31.5. The van der Waals surface area contributed by atoms with E-state index in [2.05, 4.69) is 4.74 Å². The maximum absolute atomic E-state index is 13.4. The number of aromatic nitrogens is 2. The number of fused-ring (bicyclic) bond motifs is 1. The predicted molar refractivity (Wildman–Crippen MR) is 169 cm³/mol. The zero-order valence-corrected chi connectivity index (χ0v) is 26.1. The third-order valence-electron chi connectivity index (χ3n) is 8.01. The van der Waals surface area contributed by atoms with Crippen LogP contribution >= 0.6 is 0 Å². The number of Topliss-reactive ketones (excluding diaryl/α,β-unsaturated/α-hetero) is 1. The van der Waals surface area contributed by atoms with E-state index in [1.54, 1.807) is 24.4 Å². The van der Waals surface area contributed by atoms with Gasteiger partial charge in [-0.2, -0.15) is 0 Å². The van der Waals surface area contributed by atoms with Crippen LogP contribution in [0.2, 0.25) is 0 Å². The van der Waals surface area contributed by atoms with E-state index in [1.165, 1.54) is 35.8 Å². The van der Waals surface area contributed by atoms with Crippen LogP contribution in [-0.4, -0.2) is 33.9 Å². The van der Waals surface area contributed by atoms with Crippen LogP contribution in [-0.2, 0) is 22.5 Å². The van der Waals surface area contributed by atoms with Gasteiger partial charge in [0.1, 0.15) is 17.6 Å². The van der Waals surface area contributed by atoms with E-state index in [0.717, 1.165) is 10.9 Å². The number of benzene rings is 3. The maximum Gasteiger partial charge on any atom is 0.573 e. The van der Waals surface area contributed by atoms with Crippen molar-refractivity contribution >= 4 is 27.6 Å². The summed E-state index contributed by atoms with van der Waals surface area (Å²) < 4.78 is 57.9.